The molecule has 0 amide bonds. The molecule has 0 saturated heterocycles. The molecule has 0 fully saturated rings. The number of para-hydroxylation sites is 1. The SMILES string of the molecule is c1ccc2c(c1)Oc1cc3c4ccc5ccccc5c4n(-c4cccc5ccccc45)c3cc1C21c2ccccc2-c2ccccc21. The molecule has 0 saturated carbocycles. The van der Waals surface area contributed by atoms with E-state index in [2.05, 4.69) is 168 Å². The molecular weight excluding hydrogens is 571 g/mol. The number of nitrogens with zero attached hydrogens (tertiary/aromatic N) is 1. The second-order valence-corrected chi connectivity index (χ2v) is 12.8. The molecule has 2 heteroatoms. The number of hydrogen-bond acceptors (Lipinski definition) is 1. The van der Waals surface area contributed by atoms with Crippen LogP contribution in [0.2, 0.25) is 0 Å². The van der Waals surface area contributed by atoms with Crippen LogP contribution in [0.1, 0.15) is 22.3 Å². The lowest BCUT2D eigenvalue weighted by atomic mass is 9.66. The lowest BCUT2D eigenvalue weighted by molar-refractivity contribution is 0.437. The maximum atomic E-state index is 6.91. The van der Waals surface area contributed by atoms with Gasteiger partial charge in [0.15, 0.2) is 0 Å². The minimum absolute atomic E-state index is 0.520. The maximum absolute atomic E-state index is 6.91. The van der Waals surface area contributed by atoms with Crippen LogP contribution in [-0.2, 0) is 5.41 Å². The van der Waals surface area contributed by atoms with Crippen molar-refractivity contribution in [2.45, 2.75) is 5.41 Å². The van der Waals surface area contributed by atoms with Gasteiger partial charge in [-0.15, -0.1) is 0 Å². The van der Waals surface area contributed by atoms with Crippen molar-refractivity contribution in [3.05, 3.63) is 186 Å². The smallest absolute Gasteiger partial charge is 0.133 e. The fourth-order valence-electron chi connectivity index (χ4n) is 8.78. The summed E-state index contributed by atoms with van der Waals surface area (Å²) in [4.78, 5) is 0. The van der Waals surface area contributed by atoms with Crippen molar-refractivity contribution >= 4 is 43.4 Å². The molecule has 1 aliphatic carbocycles. The minimum atomic E-state index is -0.520. The Morgan fingerprint density at radius 2 is 1.02 bits per heavy atom. The van der Waals surface area contributed by atoms with Gasteiger partial charge in [-0.25, -0.2) is 0 Å². The van der Waals surface area contributed by atoms with Crippen LogP contribution < -0.4 is 4.74 Å². The summed E-state index contributed by atoms with van der Waals surface area (Å²) in [7, 11) is 0. The zero-order valence-corrected chi connectivity index (χ0v) is 25.4. The third-order valence-corrected chi connectivity index (χ3v) is 10.6. The standard InChI is InChI=1S/C45H27NO/c1-3-15-30-28(12-1)14-11-22-40(30)46-41-27-39-43(26-35(41)34-25-24-29-13-2-4-16-31(29)44(34)46)47-42-23-10-9-21-38(42)45(39)36-19-7-5-17-32(36)33-18-6-8-20-37(33)45/h1-27H. The van der Waals surface area contributed by atoms with E-state index in [9.17, 15) is 0 Å². The van der Waals surface area contributed by atoms with E-state index in [-0.39, 0.29) is 0 Å². The van der Waals surface area contributed by atoms with Crippen LogP contribution in [0.25, 0.3) is 60.2 Å². The first-order valence-electron chi connectivity index (χ1n) is 16.3. The van der Waals surface area contributed by atoms with E-state index in [1.165, 1.54) is 82.4 Å². The van der Waals surface area contributed by atoms with Gasteiger partial charge in [-0.2, -0.15) is 0 Å². The summed E-state index contributed by atoms with van der Waals surface area (Å²) in [6.45, 7) is 0. The van der Waals surface area contributed by atoms with Crippen LogP contribution in [0.5, 0.6) is 11.5 Å². The van der Waals surface area contributed by atoms with Crippen molar-refractivity contribution in [2.24, 2.45) is 0 Å². The fourth-order valence-corrected chi connectivity index (χ4v) is 8.78. The van der Waals surface area contributed by atoms with Gasteiger partial charge in [0.2, 0.25) is 0 Å². The topological polar surface area (TPSA) is 14.2 Å². The van der Waals surface area contributed by atoms with E-state index in [4.69, 9.17) is 4.74 Å². The number of rotatable bonds is 1. The second kappa shape index (κ2) is 8.99. The van der Waals surface area contributed by atoms with Gasteiger partial charge in [-0.1, -0.05) is 140 Å². The highest BCUT2D eigenvalue weighted by atomic mass is 16.5. The zero-order chi connectivity index (χ0) is 30.7. The molecule has 2 nitrogen and oxygen atoms in total. The lowest BCUT2D eigenvalue weighted by Gasteiger charge is -2.39. The summed E-state index contributed by atoms with van der Waals surface area (Å²) in [5.41, 5.74) is 10.6. The van der Waals surface area contributed by atoms with Gasteiger partial charge < -0.3 is 9.30 Å². The van der Waals surface area contributed by atoms with E-state index in [0.717, 1.165) is 11.5 Å². The quantitative estimate of drug-likeness (QED) is 0.184. The first kappa shape index (κ1) is 25.1. The van der Waals surface area contributed by atoms with Crippen LogP contribution in [0.3, 0.4) is 0 Å². The third-order valence-electron chi connectivity index (χ3n) is 10.6. The number of aromatic nitrogens is 1. The molecule has 11 rings (SSSR count). The van der Waals surface area contributed by atoms with Crippen molar-refractivity contribution < 1.29 is 4.74 Å². The number of hydrogen-bond donors (Lipinski definition) is 0. The van der Waals surface area contributed by atoms with Crippen molar-refractivity contribution in [1.82, 2.24) is 4.57 Å². The van der Waals surface area contributed by atoms with E-state index < -0.39 is 5.41 Å². The van der Waals surface area contributed by atoms with Crippen molar-refractivity contribution in [2.75, 3.05) is 0 Å². The van der Waals surface area contributed by atoms with Gasteiger partial charge in [0.05, 0.1) is 22.1 Å². The molecule has 1 spiro atoms. The van der Waals surface area contributed by atoms with Crippen molar-refractivity contribution in [1.29, 1.82) is 0 Å². The molecule has 47 heavy (non-hydrogen) atoms. The Morgan fingerprint density at radius 3 is 1.81 bits per heavy atom. The molecule has 2 heterocycles. The highest BCUT2D eigenvalue weighted by molar-refractivity contribution is 6.20. The summed E-state index contributed by atoms with van der Waals surface area (Å²) in [5.74, 6) is 1.82. The second-order valence-electron chi connectivity index (χ2n) is 12.8. The third kappa shape index (κ3) is 3.10. The molecule has 2 aliphatic rings. The van der Waals surface area contributed by atoms with Gasteiger partial charge in [0, 0.05) is 32.7 Å². The highest BCUT2D eigenvalue weighted by Crippen LogP contribution is 2.62. The van der Waals surface area contributed by atoms with E-state index in [0.29, 0.717) is 0 Å². The Hall–Kier alpha value is -6.12. The monoisotopic (exact) mass is 597 g/mol. The molecule has 0 bridgehead atoms. The summed E-state index contributed by atoms with van der Waals surface area (Å²) in [5, 5.41) is 7.33. The molecule has 0 radical (unpaired) electrons. The molecule has 1 aliphatic heterocycles. The predicted octanol–water partition coefficient (Wildman–Crippen LogP) is 11.6. The van der Waals surface area contributed by atoms with Gasteiger partial charge >= 0.3 is 0 Å². The largest absolute Gasteiger partial charge is 0.457 e. The summed E-state index contributed by atoms with van der Waals surface area (Å²) < 4.78 is 9.43. The van der Waals surface area contributed by atoms with Crippen LogP contribution in [-0.4, -0.2) is 4.57 Å². The van der Waals surface area contributed by atoms with Crippen molar-refractivity contribution in [3.8, 4) is 28.3 Å². The Balaban J connectivity index is 1.36. The Labute approximate surface area is 271 Å². The first-order valence-corrected chi connectivity index (χ1v) is 16.3. The van der Waals surface area contributed by atoms with Crippen LogP contribution in [0, 0.1) is 0 Å². The van der Waals surface area contributed by atoms with Crippen LogP contribution >= 0.6 is 0 Å². The maximum Gasteiger partial charge on any atom is 0.133 e. The molecule has 9 aromatic rings. The fraction of sp³-hybridized carbons (Fsp3) is 0.0222. The average Bonchev–Trinajstić information content (AvgIpc) is 3.61. The normalized spacial score (nSPS) is 13.9. The summed E-state index contributed by atoms with van der Waals surface area (Å²) in [6.07, 6.45) is 0. The molecule has 1 aromatic heterocycles. The minimum Gasteiger partial charge on any atom is -0.457 e. The van der Waals surface area contributed by atoms with Crippen LogP contribution in [0.15, 0.2) is 164 Å². The highest BCUT2D eigenvalue weighted by Gasteiger charge is 2.51. The molecule has 0 atom stereocenters. The first-order chi connectivity index (χ1) is 23.3. The zero-order valence-electron chi connectivity index (χ0n) is 25.4. The predicted molar refractivity (Wildman–Crippen MR) is 193 cm³/mol. The average molecular weight is 598 g/mol. The van der Waals surface area contributed by atoms with Gasteiger partial charge in [-0.3, -0.25) is 0 Å². The van der Waals surface area contributed by atoms with Crippen LogP contribution in [0.4, 0.5) is 0 Å². The Kier molecular flexibility index (Phi) is 4.80. The molecule has 0 unspecified atom stereocenters. The lowest BCUT2D eigenvalue weighted by Crippen LogP contribution is -2.32. The van der Waals surface area contributed by atoms with Gasteiger partial charge in [-0.05, 0) is 57.3 Å². The number of fused-ring (bicyclic) bond motifs is 15. The summed E-state index contributed by atoms with van der Waals surface area (Å²) >= 11 is 0. The van der Waals surface area contributed by atoms with E-state index in [1.54, 1.807) is 0 Å². The Morgan fingerprint density at radius 1 is 0.404 bits per heavy atom. The summed E-state index contributed by atoms with van der Waals surface area (Å²) in [6, 6.07) is 59.9. The van der Waals surface area contributed by atoms with E-state index in [1.807, 2.05) is 0 Å². The van der Waals surface area contributed by atoms with Gasteiger partial charge in [0.1, 0.15) is 11.5 Å². The molecule has 8 aromatic carbocycles. The molecule has 0 N–H and O–H groups in total. The number of benzene rings is 8. The number of ether oxygens (including phenoxy) is 1. The van der Waals surface area contributed by atoms with Crippen molar-refractivity contribution in [3.63, 3.8) is 0 Å². The van der Waals surface area contributed by atoms with E-state index >= 15 is 0 Å². The molecular formula is C45H27NO. The molecule has 218 valence electrons. The Bertz CT molecular complexity index is 2730. The van der Waals surface area contributed by atoms with Gasteiger partial charge in [0.25, 0.3) is 0 Å².